The van der Waals surface area contributed by atoms with Gasteiger partial charge in [0.2, 0.25) is 11.8 Å². The van der Waals surface area contributed by atoms with Crippen molar-refractivity contribution in [3.05, 3.63) is 35.0 Å². The third-order valence-electron chi connectivity index (χ3n) is 9.06. The Labute approximate surface area is 187 Å². The number of ether oxygens (including phenoxy) is 1. The molecule has 4 fully saturated rings. The Bertz CT molecular complexity index is 1280. The molecule has 2 spiro atoms. The van der Waals surface area contributed by atoms with Gasteiger partial charge in [-0.05, 0) is 50.8 Å². The first-order valence-electron chi connectivity index (χ1n) is 11.8. The lowest BCUT2D eigenvalue weighted by molar-refractivity contribution is -0.179. The van der Waals surface area contributed by atoms with Gasteiger partial charge in [-0.1, -0.05) is 19.9 Å². The number of amides is 2. The zero-order valence-electron chi connectivity index (χ0n) is 19.1. The van der Waals surface area contributed by atoms with Crippen LogP contribution in [0, 0.1) is 5.92 Å². The van der Waals surface area contributed by atoms with E-state index in [1.54, 1.807) is 0 Å². The number of rotatable bonds is 0. The molecule has 1 aromatic carbocycles. The lowest BCUT2D eigenvalue weighted by atomic mass is 9.51. The first-order valence-corrected chi connectivity index (χ1v) is 11.8. The second-order valence-corrected chi connectivity index (χ2v) is 11.6. The molecule has 6 heterocycles. The molecule has 2 aromatic rings. The second-order valence-electron chi connectivity index (χ2n) is 11.6. The fourth-order valence-electron chi connectivity index (χ4n) is 7.50. The van der Waals surface area contributed by atoms with Crippen LogP contribution in [0.2, 0.25) is 0 Å². The van der Waals surface area contributed by atoms with Crippen molar-refractivity contribution in [2.45, 2.75) is 75.5 Å². The van der Waals surface area contributed by atoms with Crippen LogP contribution in [0.15, 0.2) is 18.2 Å². The summed E-state index contributed by atoms with van der Waals surface area (Å²) in [6, 6.07) is 4.28. The molecule has 6 nitrogen and oxygen atoms in total. The van der Waals surface area contributed by atoms with Gasteiger partial charge in [-0.15, -0.1) is 0 Å². The van der Waals surface area contributed by atoms with E-state index < -0.39 is 11.1 Å². The minimum atomic E-state index is -0.848. The number of nitrogens with zero attached hydrogens (tertiary/aromatic N) is 1. The van der Waals surface area contributed by atoms with E-state index in [1.807, 2.05) is 4.90 Å². The normalized spacial score (nSPS) is 35.1. The maximum absolute atomic E-state index is 13.9. The molecule has 4 saturated heterocycles. The number of piperidine rings is 2. The van der Waals surface area contributed by atoms with E-state index in [0.29, 0.717) is 13.0 Å². The lowest BCUT2D eigenvalue weighted by Crippen LogP contribution is -2.84. The number of carbonyl (C=O) groups excluding carboxylic acids is 2. The molecular formula is C26H29N3O3. The maximum Gasteiger partial charge on any atom is 0.249 e. The van der Waals surface area contributed by atoms with Crippen LogP contribution in [0.1, 0.15) is 63.8 Å². The number of benzene rings is 1. The van der Waals surface area contributed by atoms with Crippen LogP contribution in [-0.4, -0.2) is 44.9 Å². The van der Waals surface area contributed by atoms with E-state index in [-0.39, 0.29) is 28.7 Å². The first kappa shape index (κ1) is 18.8. The van der Waals surface area contributed by atoms with Gasteiger partial charge < -0.3 is 19.9 Å². The summed E-state index contributed by atoms with van der Waals surface area (Å²) in [5, 5.41) is 4.41. The number of nitrogens with one attached hydrogen (secondary N) is 2. The largest absolute Gasteiger partial charge is 0.483 e. The Morgan fingerprint density at radius 1 is 1.16 bits per heavy atom. The number of piperazine rings is 1. The molecule has 166 valence electrons. The molecule has 0 radical (unpaired) electrons. The van der Waals surface area contributed by atoms with Crippen LogP contribution in [-0.2, 0) is 21.4 Å². The highest BCUT2D eigenvalue weighted by atomic mass is 16.5. The molecule has 6 aliphatic rings. The summed E-state index contributed by atoms with van der Waals surface area (Å²) in [6.45, 7) is 9.29. The average Bonchev–Trinajstić information content (AvgIpc) is 3.30. The third-order valence-corrected chi connectivity index (χ3v) is 9.06. The first-order chi connectivity index (χ1) is 15.1. The van der Waals surface area contributed by atoms with Crippen LogP contribution in [0.4, 0.5) is 0 Å². The molecule has 3 unspecified atom stereocenters. The highest BCUT2D eigenvalue weighted by Crippen LogP contribution is 2.59. The Balaban J connectivity index is 1.45. The van der Waals surface area contributed by atoms with Gasteiger partial charge in [0.1, 0.15) is 22.4 Å². The Hall–Kier alpha value is -2.76. The zero-order chi connectivity index (χ0) is 22.3. The standard InChI is InChI=1S/C26H29N3O3/c1-23(2)8-6-14-10-15-16-12-26-19(24(3,4)20(16)27-17(15)11-18(14)32-23)13-25(21(30)28-26)7-5-9-29(25)22(26)31/h6,8,10-11,19,27H,5,7,9,12-13H2,1-4H3,(H,28,30). The molecule has 2 N–H and O–H groups in total. The summed E-state index contributed by atoms with van der Waals surface area (Å²) in [7, 11) is 0. The summed E-state index contributed by atoms with van der Waals surface area (Å²) in [6.07, 6.45) is 7.19. The highest BCUT2D eigenvalue weighted by Gasteiger charge is 2.72. The summed E-state index contributed by atoms with van der Waals surface area (Å²) in [5.41, 5.74) is 2.35. The van der Waals surface area contributed by atoms with Crippen LogP contribution >= 0.6 is 0 Å². The number of hydrogen-bond acceptors (Lipinski definition) is 3. The molecule has 1 aromatic heterocycles. The zero-order valence-corrected chi connectivity index (χ0v) is 19.1. The minimum Gasteiger partial charge on any atom is -0.483 e. The number of H-pyrrole nitrogens is 1. The van der Waals surface area contributed by atoms with E-state index in [1.165, 1.54) is 5.69 Å². The van der Waals surface area contributed by atoms with E-state index in [9.17, 15) is 9.59 Å². The van der Waals surface area contributed by atoms with Crippen molar-refractivity contribution in [2.24, 2.45) is 5.92 Å². The number of aromatic amines is 1. The van der Waals surface area contributed by atoms with Crippen LogP contribution in [0.5, 0.6) is 5.75 Å². The number of fused-ring (bicyclic) bond motifs is 5. The van der Waals surface area contributed by atoms with Crippen LogP contribution in [0.25, 0.3) is 17.0 Å². The summed E-state index contributed by atoms with van der Waals surface area (Å²) >= 11 is 0. The van der Waals surface area contributed by atoms with Gasteiger partial charge in [-0.3, -0.25) is 9.59 Å². The van der Waals surface area contributed by atoms with Crippen molar-refractivity contribution in [2.75, 3.05) is 6.54 Å². The molecule has 1 aliphatic carbocycles. The molecule has 2 bridgehead atoms. The van der Waals surface area contributed by atoms with Gasteiger partial charge in [0.15, 0.2) is 0 Å². The van der Waals surface area contributed by atoms with Crippen molar-refractivity contribution in [1.29, 1.82) is 0 Å². The SMILES string of the molecule is CC1(C)C=Cc2cc3c4c([nH]c3cc2O1)C(C)(C)C1CC23CCCN2C(=O)C1(C4)NC3=O. The van der Waals surface area contributed by atoms with E-state index >= 15 is 0 Å². The van der Waals surface area contributed by atoms with E-state index in [4.69, 9.17) is 4.74 Å². The molecule has 32 heavy (non-hydrogen) atoms. The third kappa shape index (κ3) is 1.94. The summed E-state index contributed by atoms with van der Waals surface area (Å²) in [4.78, 5) is 32.8. The van der Waals surface area contributed by atoms with Crippen molar-refractivity contribution in [3.63, 3.8) is 0 Å². The molecule has 8 rings (SSSR count). The van der Waals surface area contributed by atoms with E-state index in [0.717, 1.165) is 47.0 Å². The van der Waals surface area contributed by atoms with Gasteiger partial charge in [0, 0.05) is 52.5 Å². The van der Waals surface area contributed by atoms with E-state index in [2.05, 4.69) is 62.3 Å². The fourth-order valence-corrected chi connectivity index (χ4v) is 7.50. The minimum absolute atomic E-state index is 0.0564. The number of carbonyl (C=O) groups is 2. The lowest BCUT2D eigenvalue weighted by Gasteiger charge is -2.64. The molecule has 2 amide bonds. The van der Waals surface area contributed by atoms with Crippen LogP contribution in [0.3, 0.4) is 0 Å². The number of aromatic nitrogens is 1. The Kier molecular flexibility index (Phi) is 3.07. The maximum atomic E-state index is 13.9. The fraction of sp³-hybridized carbons (Fsp3) is 0.538. The van der Waals surface area contributed by atoms with Gasteiger partial charge in [-0.25, -0.2) is 0 Å². The predicted octanol–water partition coefficient (Wildman–Crippen LogP) is 3.44. The highest BCUT2D eigenvalue weighted by molar-refractivity contribution is 6.06. The molecule has 3 atom stereocenters. The van der Waals surface area contributed by atoms with Gasteiger partial charge in [0.05, 0.1) is 0 Å². The molecule has 5 aliphatic heterocycles. The number of hydrogen-bond donors (Lipinski definition) is 2. The topological polar surface area (TPSA) is 74.4 Å². The van der Waals surface area contributed by atoms with Gasteiger partial charge >= 0.3 is 0 Å². The van der Waals surface area contributed by atoms with Gasteiger partial charge in [-0.2, -0.15) is 0 Å². The Morgan fingerprint density at radius 3 is 2.78 bits per heavy atom. The van der Waals surface area contributed by atoms with Gasteiger partial charge in [0.25, 0.3) is 0 Å². The molecular weight excluding hydrogens is 402 g/mol. The molecule has 6 heteroatoms. The summed E-state index contributed by atoms with van der Waals surface area (Å²) < 4.78 is 6.21. The van der Waals surface area contributed by atoms with Crippen molar-refractivity contribution < 1.29 is 14.3 Å². The monoisotopic (exact) mass is 431 g/mol. The summed E-state index contributed by atoms with van der Waals surface area (Å²) in [5.74, 6) is 1.13. The predicted molar refractivity (Wildman–Crippen MR) is 121 cm³/mol. The smallest absolute Gasteiger partial charge is 0.249 e. The van der Waals surface area contributed by atoms with Crippen molar-refractivity contribution in [1.82, 2.24) is 15.2 Å². The average molecular weight is 432 g/mol. The van der Waals surface area contributed by atoms with Crippen LogP contribution < -0.4 is 10.1 Å². The quantitative estimate of drug-likeness (QED) is 0.671. The van der Waals surface area contributed by atoms with Crippen molar-refractivity contribution in [3.8, 4) is 5.75 Å². The second kappa shape index (κ2) is 5.24. The molecule has 0 saturated carbocycles. The Morgan fingerprint density at radius 2 is 1.97 bits per heavy atom. The van der Waals surface area contributed by atoms with Crippen molar-refractivity contribution >= 4 is 28.8 Å².